The normalized spacial score (nSPS) is 10.4. The molecule has 17 heavy (non-hydrogen) atoms. The van der Waals surface area contributed by atoms with E-state index in [1.807, 2.05) is 12.1 Å². The van der Waals surface area contributed by atoms with Crippen LogP contribution in [0.15, 0.2) is 47.1 Å². The van der Waals surface area contributed by atoms with Crippen LogP contribution in [0.5, 0.6) is 5.75 Å². The minimum absolute atomic E-state index is 0.246. The van der Waals surface area contributed by atoms with E-state index in [0.29, 0.717) is 12.4 Å². The molecule has 90 valence electrons. The molecule has 0 saturated heterocycles. The second-order valence-electron chi connectivity index (χ2n) is 3.43. The van der Waals surface area contributed by atoms with Crippen molar-refractivity contribution in [2.45, 2.75) is 5.75 Å². The molecule has 0 aliphatic rings. The van der Waals surface area contributed by atoms with Gasteiger partial charge in [0, 0.05) is 5.75 Å². The summed E-state index contributed by atoms with van der Waals surface area (Å²) in [6.45, 7) is 0.608. The third-order valence-corrected chi connectivity index (χ3v) is 3.08. The molecule has 1 aromatic carbocycles. The monoisotopic (exact) mass is 252 g/mol. The third kappa shape index (κ3) is 4.15. The second kappa shape index (κ2) is 6.35. The topological polar surface area (TPSA) is 22.4 Å². The fourth-order valence-corrected chi connectivity index (χ4v) is 2.03. The van der Waals surface area contributed by atoms with Gasteiger partial charge in [0.25, 0.3) is 0 Å². The van der Waals surface area contributed by atoms with Gasteiger partial charge in [-0.15, -0.1) is 0 Å². The lowest BCUT2D eigenvalue weighted by atomic mass is 10.3. The zero-order valence-electron chi connectivity index (χ0n) is 9.27. The zero-order valence-corrected chi connectivity index (χ0v) is 10.1. The lowest BCUT2D eigenvalue weighted by molar-refractivity contribution is 0.343. The number of halogens is 1. The third-order valence-electron chi connectivity index (χ3n) is 2.13. The van der Waals surface area contributed by atoms with Crippen LogP contribution in [-0.4, -0.2) is 12.4 Å². The molecule has 4 heteroatoms. The summed E-state index contributed by atoms with van der Waals surface area (Å²) >= 11 is 1.74. The standard InChI is InChI=1S/C13H13FO2S/c14-11-3-5-12(6-4-11)16-8-9-17-10-13-2-1-7-15-13/h1-7H,8-10H2. The van der Waals surface area contributed by atoms with E-state index in [1.54, 1.807) is 30.2 Å². The Hall–Kier alpha value is -1.42. The fourth-order valence-electron chi connectivity index (χ4n) is 1.32. The first-order valence-corrected chi connectivity index (χ1v) is 6.48. The summed E-state index contributed by atoms with van der Waals surface area (Å²) in [5.41, 5.74) is 0. The zero-order chi connectivity index (χ0) is 11.9. The predicted octanol–water partition coefficient (Wildman–Crippen LogP) is 3.73. The van der Waals surface area contributed by atoms with Gasteiger partial charge in [-0.2, -0.15) is 11.8 Å². The number of rotatable bonds is 6. The van der Waals surface area contributed by atoms with E-state index in [4.69, 9.17) is 9.15 Å². The van der Waals surface area contributed by atoms with Crippen molar-refractivity contribution in [3.8, 4) is 5.75 Å². The van der Waals surface area contributed by atoms with E-state index < -0.39 is 0 Å². The van der Waals surface area contributed by atoms with Crippen LogP contribution < -0.4 is 4.74 Å². The Labute approximate surface area is 104 Å². The molecule has 0 aliphatic carbocycles. The summed E-state index contributed by atoms with van der Waals surface area (Å²) in [7, 11) is 0. The largest absolute Gasteiger partial charge is 0.493 e. The number of ether oxygens (including phenoxy) is 1. The van der Waals surface area contributed by atoms with Crippen molar-refractivity contribution >= 4 is 11.8 Å². The summed E-state index contributed by atoms with van der Waals surface area (Å²) in [5.74, 6) is 3.14. The minimum Gasteiger partial charge on any atom is -0.493 e. The van der Waals surface area contributed by atoms with E-state index >= 15 is 0 Å². The molecule has 2 rings (SSSR count). The van der Waals surface area contributed by atoms with E-state index in [2.05, 4.69) is 0 Å². The van der Waals surface area contributed by atoms with Crippen molar-refractivity contribution < 1.29 is 13.5 Å². The Bertz CT molecular complexity index is 425. The van der Waals surface area contributed by atoms with Crippen LogP contribution in [0.4, 0.5) is 4.39 Å². The van der Waals surface area contributed by atoms with Crippen LogP contribution in [0, 0.1) is 5.82 Å². The van der Waals surface area contributed by atoms with E-state index in [0.717, 1.165) is 17.3 Å². The van der Waals surface area contributed by atoms with Crippen molar-refractivity contribution in [1.29, 1.82) is 0 Å². The molecule has 0 fully saturated rings. The average Bonchev–Trinajstić information content (AvgIpc) is 2.84. The summed E-state index contributed by atoms with van der Waals surface area (Å²) < 4.78 is 23.3. The van der Waals surface area contributed by atoms with Crippen LogP contribution in [0.3, 0.4) is 0 Å². The first-order valence-electron chi connectivity index (χ1n) is 5.33. The van der Waals surface area contributed by atoms with Gasteiger partial charge in [-0.25, -0.2) is 4.39 Å². The average molecular weight is 252 g/mol. The summed E-state index contributed by atoms with van der Waals surface area (Å²) in [4.78, 5) is 0. The Balaban J connectivity index is 1.61. The smallest absolute Gasteiger partial charge is 0.123 e. The van der Waals surface area contributed by atoms with E-state index in [1.165, 1.54) is 12.1 Å². The number of hydrogen-bond donors (Lipinski definition) is 0. The van der Waals surface area contributed by atoms with Gasteiger partial charge in [-0.3, -0.25) is 0 Å². The number of benzene rings is 1. The lowest BCUT2D eigenvalue weighted by Gasteiger charge is -2.05. The van der Waals surface area contributed by atoms with Crippen molar-refractivity contribution in [3.05, 3.63) is 54.2 Å². The highest BCUT2D eigenvalue weighted by atomic mass is 32.2. The van der Waals surface area contributed by atoms with Crippen molar-refractivity contribution in [2.75, 3.05) is 12.4 Å². The van der Waals surface area contributed by atoms with Crippen LogP contribution >= 0.6 is 11.8 Å². The first kappa shape index (κ1) is 12.0. The Kier molecular flexibility index (Phi) is 4.50. The van der Waals surface area contributed by atoms with Gasteiger partial charge in [0.1, 0.15) is 17.3 Å². The van der Waals surface area contributed by atoms with Gasteiger partial charge in [0.15, 0.2) is 0 Å². The van der Waals surface area contributed by atoms with Gasteiger partial charge in [0.2, 0.25) is 0 Å². The van der Waals surface area contributed by atoms with Crippen molar-refractivity contribution in [1.82, 2.24) is 0 Å². The molecule has 0 atom stereocenters. The molecular formula is C13H13FO2S. The van der Waals surface area contributed by atoms with Crippen LogP contribution in [0.1, 0.15) is 5.76 Å². The van der Waals surface area contributed by atoms with Gasteiger partial charge in [0.05, 0.1) is 18.6 Å². The molecule has 0 bridgehead atoms. The summed E-state index contributed by atoms with van der Waals surface area (Å²) in [5, 5.41) is 0. The number of thioether (sulfide) groups is 1. The van der Waals surface area contributed by atoms with Crippen molar-refractivity contribution in [3.63, 3.8) is 0 Å². The maximum Gasteiger partial charge on any atom is 0.123 e. The fraction of sp³-hybridized carbons (Fsp3) is 0.231. The predicted molar refractivity (Wildman–Crippen MR) is 66.8 cm³/mol. The van der Waals surface area contributed by atoms with Gasteiger partial charge in [-0.05, 0) is 36.4 Å². The van der Waals surface area contributed by atoms with E-state index in [9.17, 15) is 4.39 Å². The second-order valence-corrected chi connectivity index (χ2v) is 4.54. The van der Waals surface area contributed by atoms with Crippen molar-refractivity contribution in [2.24, 2.45) is 0 Å². The highest BCUT2D eigenvalue weighted by Crippen LogP contribution is 2.14. The molecule has 2 nitrogen and oxygen atoms in total. The van der Waals surface area contributed by atoms with Gasteiger partial charge in [-0.1, -0.05) is 0 Å². The quantitative estimate of drug-likeness (QED) is 0.731. The molecule has 1 aromatic heterocycles. The highest BCUT2D eigenvalue weighted by Gasteiger charge is 1.97. The molecule has 0 saturated carbocycles. The molecule has 0 unspecified atom stereocenters. The SMILES string of the molecule is Fc1ccc(OCCSCc2ccco2)cc1. The van der Waals surface area contributed by atoms with Crippen LogP contribution in [-0.2, 0) is 5.75 Å². The summed E-state index contributed by atoms with van der Waals surface area (Å²) in [6, 6.07) is 9.88. The molecule has 2 aromatic rings. The summed E-state index contributed by atoms with van der Waals surface area (Å²) in [6.07, 6.45) is 1.67. The molecule has 0 aliphatic heterocycles. The molecule has 0 N–H and O–H groups in total. The highest BCUT2D eigenvalue weighted by molar-refractivity contribution is 7.98. The Morgan fingerprint density at radius 1 is 1.18 bits per heavy atom. The molecule has 0 radical (unpaired) electrons. The Morgan fingerprint density at radius 3 is 2.71 bits per heavy atom. The van der Waals surface area contributed by atoms with E-state index in [-0.39, 0.29) is 5.82 Å². The Morgan fingerprint density at radius 2 is 2.00 bits per heavy atom. The minimum atomic E-state index is -0.246. The molecule has 0 spiro atoms. The molecule has 0 amide bonds. The molecular weight excluding hydrogens is 239 g/mol. The van der Waals surface area contributed by atoms with Gasteiger partial charge >= 0.3 is 0 Å². The number of furan rings is 1. The molecule has 1 heterocycles. The van der Waals surface area contributed by atoms with Crippen LogP contribution in [0.25, 0.3) is 0 Å². The maximum absolute atomic E-state index is 12.6. The lowest BCUT2D eigenvalue weighted by Crippen LogP contribution is -2.00. The van der Waals surface area contributed by atoms with Crippen LogP contribution in [0.2, 0.25) is 0 Å². The number of hydrogen-bond acceptors (Lipinski definition) is 3. The maximum atomic E-state index is 12.6. The van der Waals surface area contributed by atoms with Gasteiger partial charge < -0.3 is 9.15 Å². The first-order chi connectivity index (χ1) is 8.34.